The van der Waals surface area contributed by atoms with E-state index in [2.05, 4.69) is 15.0 Å². The van der Waals surface area contributed by atoms with Crippen LogP contribution in [0.3, 0.4) is 0 Å². The summed E-state index contributed by atoms with van der Waals surface area (Å²) in [5, 5.41) is 29.7. The number of anilines is 2. The highest BCUT2D eigenvalue weighted by atomic mass is 16.6. The van der Waals surface area contributed by atoms with Crippen molar-refractivity contribution in [2.75, 3.05) is 18.1 Å². The number of nitrogen functional groups attached to an aromatic ring is 2. The molecule has 1 saturated heterocycles. The molecule has 2 aromatic rings. The predicted octanol–water partition coefficient (Wildman–Crippen LogP) is -2.01. The minimum Gasteiger partial charge on any atom is -0.394 e. The first-order valence-corrected chi connectivity index (χ1v) is 6.28. The summed E-state index contributed by atoms with van der Waals surface area (Å²) >= 11 is 0. The van der Waals surface area contributed by atoms with Gasteiger partial charge in [0.1, 0.15) is 23.3 Å². The van der Waals surface area contributed by atoms with Crippen molar-refractivity contribution in [3.05, 3.63) is 6.33 Å². The Hall–Kier alpha value is -2.01. The Bertz CT molecular complexity index is 687. The zero-order chi connectivity index (χ0) is 15.4. The lowest BCUT2D eigenvalue weighted by Crippen LogP contribution is -2.44. The third-order valence-corrected chi connectivity index (χ3v) is 3.65. The van der Waals surface area contributed by atoms with Crippen LogP contribution in [-0.4, -0.2) is 59.3 Å². The fourth-order valence-electron chi connectivity index (χ4n) is 2.52. The molecule has 0 saturated carbocycles. The van der Waals surface area contributed by atoms with Crippen molar-refractivity contribution < 1.29 is 20.1 Å². The predicted molar refractivity (Wildman–Crippen MR) is 71.8 cm³/mol. The molecule has 3 rings (SSSR count). The first-order chi connectivity index (χ1) is 9.86. The van der Waals surface area contributed by atoms with Gasteiger partial charge in [-0.15, -0.1) is 0 Å². The number of ether oxygens (including phenoxy) is 1. The molecule has 0 radical (unpaired) electrons. The number of fused-ring (bicyclic) bond motifs is 1. The Balaban J connectivity index is 2.13. The van der Waals surface area contributed by atoms with Gasteiger partial charge < -0.3 is 31.5 Å². The number of aliphatic hydroxyl groups excluding tert-OH is 2. The number of hydrogen-bond donors (Lipinski definition) is 5. The van der Waals surface area contributed by atoms with Gasteiger partial charge in [-0.05, 0) is 6.92 Å². The molecule has 114 valence electrons. The summed E-state index contributed by atoms with van der Waals surface area (Å²) in [6.45, 7) is 0.970. The van der Waals surface area contributed by atoms with Crippen LogP contribution in [0.1, 0.15) is 13.2 Å². The Labute approximate surface area is 119 Å². The van der Waals surface area contributed by atoms with E-state index in [9.17, 15) is 15.3 Å². The van der Waals surface area contributed by atoms with Gasteiger partial charge >= 0.3 is 0 Å². The van der Waals surface area contributed by atoms with Gasteiger partial charge in [-0.1, -0.05) is 0 Å². The highest BCUT2D eigenvalue weighted by molar-refractivity contribution is 5.82. The Morgan fingerprint density at radius 3 is 2.76 bits per heavy atom. The Kier molecular flexibility index (Phi) is 2.99. The van der Waals surface area contributed by atoms with Gasteiger partial charge in [-0.25, -0.2) is 4.98 Å². The van der Waals surface area contributed by atoms with Gasteiger partial charge in [-0.3, -0.25) is 4.57 Å². The number of rotatable bonds is 2. The second-order valence-corrected chi connectivity index (χ2v) is 5.17. The molecule has 21 heavy (non-hydrogen) atoms. The summed E-state index contributed by atoms with van der Waals surface area (Å²) in [7, 11) is 0. The van der Waals surface area contributed by atoms with Gasteiger partial charge in [0, 0.05) is 0 Å². The molecule has 0 aliphatic carbocycles. The van der Waals surface area contributed by atoms with Crippen molar-refractivity contribution >= 4 is 22.9 Å². The highest BCUT2D eigenvalue weighted by Gasteiger charge is 2.53. The molecule has 2 aromatic heterocycles. The fraction of sp³-hybridized carbons (Fsp3) is 0.545. The molecule has 7 N–H and O–H groups in total. The van der Waals surface area contributed by atoms with E-state index in [1.54, 1.807) is 0 Å². The summed E-state index contributed by atoms with van der Waals surface area (Å²) in [6.07, 6.45) is -1.82. The van der Waals surface area contributed by atoms with Crippen LogP contribution in [0.2, 0.25) is 0 Å². The summed E-state index contributed by atoms with van der Waals surface area (Å²) in [4.78, 5) is 11.9. The molecule has 4 atom stereocenters. The first kappa shape index (κ1) is 13.9. The molecule has 10 nitrogen and oxygen atoms in total. The molecule has 1 aliphatic rings. The number of hydrogen-bond acceptors (Lipinski definition) is 9. The number of aromatic nitrogens is 4. The lowest BCUT2D eigenvalue weighted by molar-refractivity contribution is -0.0950. The number of imidazole rings is 1. The van der Waals surface area contributed by atoms with E-state index in [4.69, 9.17) is 16.2 Å². The van der Waals surface area contributed by atoms with Crippen LogP contribution in [-0.2, 0) is 4.74 Å². The van der Waals surface area contributed by atoms with Crippen LogP contribution in [0.5, 0.6) is 0 Å². The lowest BCUT2D eigenvalue weighted by Gasteiger charge is -2.27. The molecule has 3 heterocycles. The lowest BCUT2D eigenvalue weighted by atomic mass is 9.96. The minimum atomic E-state index is -1.64. The third-order valence-electron chi connectivity index (χ3n) is 3.65. The zero-order valence-electron chi connectivity index (χ0n) is 11.2. The van der Waals surface area contributed by atoms with E-state index < -0.39 is 30.6 Å². The van der Waals surface area contributed by atoms with E-state index in [0.717, 1.165) is 0 Å². The quantitative estimate of drug-likeness (QED) is 0.421. The number of nitrogens with two attached hydrogens (primary N) is 2. The van der Waals surface area contributed by atoms with Crippen LogP contribution in [0.25, 0.3) is 11.2 Å². The van der Waals surface area contributed by atoms with Gasteiger partial charge in [0.25, 0.3) is 0 Å². The summed E-state index contributed by atoms with van der Waals surface area (Å²) < 4.78 is 6.91. The van der Waals surface area contributed by atoms with Gasteiger partial charge in [-0.2, -0.15) is 9.97 Å². The largest absolute Gasteiger partial charge is 0.394 e. The van der Waals surface area contributed by atoms with Crippen LogP contribution in [0, 0.1) is 0 Å². The standard InChI is InChI=1S/C11H16N6O4/c1-11(20)6(19)4(2-18)21-9(11)17-3-14-5-7(12)15-10(13)16-8(5)17/h3-4,6,9,18-20H,2H2,1H3,(H4,12,13,15,16)/t4-,6?,9-,11?/m1/s1. The molecule has 10 heteroatoms. The van der Waals surface area contributed by atoms with Crippen LogP contribution < -0.4 is 11.5 Å². The van der Waals surface area contributed by atoms with Gasteiger partial charge in [0.15, 0.2) is 17.7 Å². The molecule has 0 amide bonds. The maximum atomic E-state index is 10.5. The van der Waals surface area contributed by atoms with Crippen molar-refractivity contribution in [2.45, 2.75) is 31.0 Å². The van der Waals surface area contributed by atoms with Gasteiger partial charge in [0.05, 0.1) is 12.9 Å². The van der Waals surface area contributed by atoms with Crippen LogP contribution >= 0.6 is 0 Å². The van der Waals surface area contributed by atoms with E-state index in [1.807, 2.05) is 0 Å². The second-order valence-electron chi connectivity index (χ2n) is 5.17. The highest BCUT2D eigenvalue weighted by Crippen LogP contribution is 2.39. The van der Waals surface area contributed by atoms with E-state index >= 15 is 0 Å². The minimum absolute atomic E-state index is 0.0429. The molecule has 1 fully saturated rings. The summed E-state index contributed by atoms with van der Waals surface area (Å²) in [5.41, 5.74) is 10.2. The van der Waals surface area contributed by atoms with Crippen molar-refractivity contribution in [1.29, 1.82) is 0 Å². The fourth-order valence-corrected chi connectivity index (χ4v) is 2.52. The average Bonchev–Trinajstić information content (AvgIpc) is 2.91. The topological polar surface area (TPSA) is 166 Å². The molecule has 1 aliphatic heterocycles. The maximum absolute atomic E-state index is 10.5. The molecular weight excluding hydrogens is 280 g/mol. The van der Waals surface area contributed by atoms with Crippen LogP contribution in [0.4, 0.5) is 11.8 Å². The first-order valence-electron chi connectivity index (χ1n) is 6.28. The molecular formula is C11H16N6O4. The van der Waals surface area contributed by atoms with E-state index in [-0.39, 0.29) is 17.4 Å². The van der Waals surface area contributed by atoms with Crippen molar-refractivity contribution in [1.82, 2.24) is 19.5 Å². The Morgan fingerprint density at radius 2 is 2.14 bits per heavy atom. The van der Waals surface area contributed by atoms with Crippen molar-refractivity contribution in [3.63, 3.8) is 0 Å². The Morgan fingerprint density at radius 1 is 1.43 bits per heavy atom. The van der Waals surface area contributed by atoms with Crippen molar-refractivity contribution in [2.24, 2.45) is 0 Å². The molecule has 0 bridgehead atoms. The monoisotopic (exact) mass is 296 g/mol. The van der Waals surface area contributed by atoms with Crippen molar-refractivity contribution in [3.8, 4) is 0 Å². The van der Waals surface area contributed by atoms with E-state index in [0.29, 0.717) is 5.52 Å². The average molecular weight is 296 g/mol. The molecule has 0 aromatic carbocycles. The zero-order valence-corrected chi connectivity index (χ0v) is 11.2. The maximum Gasteiger partial charge on any atom is 0.224 e. The third kappa shape index (κ3) is 1.92. The summed E-state index contributed by atoms with van der Waals surface area (Å²) in [6, 6.07) is 0. The molecule has 2 unspecified atom stereocenters. The van der Waals surface area contributed by atoms with Gasteiger partial charge in [0.2, 0.25) is 5.95 Å². The second kappa shape index (κ2) is 4.49. The number of aliphatic hydroxyl groups is 3. The molecule has 0 spiro atoms. The number of nitrogens with zero attached hydrogens (tertiary/aromatic N) is 4. The van der Waals surface area contributed by atoms with Crippen LogP contribution in [0.15, 0.2) is 6.33 Å². The van der Waals surface area contributed by atoms with E-state index in [1.165, 1.54) is 17.8 Å². The normalized spacial score (nSPS) is 32.9. The SMILES string of the molecule is CC1(O)C(O)[C@@H](CO)O[C@H]1n1cnc2c(N)nc(N)nc21. The summed E-state index contributed by atoms with van der Waals surface area (Å²) in [5.74, 6) is 0.0618. The smallest absolute Gasteiger partial charge is 0.224 e.